The van der Waals surface area contributed by atoms with Crippen molar-refractivity contribution < 1.29 is 4.79 Å². The topological polar surface area (TPSA) is 80.9 Å². The summed E-state index contributed by atoms with van der Waals surface area (Å²) in [4.78, 5) is 19.4. The fourth-order valence-corrected chi connectivity index (χ4v) is 2.29. The number of nitrogens with zero attached hydrogens (tertiary/aromatic N) is 2. The average Bonchev–Trinajstić information content (AvgIpc) is 2.33. The third-order valence-corrected chi connectivity index (χ3v) is 3.62. The lowest BCUT2D eigenvalue weighted by Gasteiger charge is -2.06. The van der Waals surface area contributed by atoms with Crippen LogP contribution < -0.4 is 11.1 Å². The molecule has 6 heteroatoms. The van der Waals surface area contributed by atoms with E-state index in [0.717, 1.165) is 17.9 Å². The van der Waals surface area contributed by atoms with Crippen molar-refractivity contribution >= 4 is 23.5 Å². The SMILES string of the molecule is CC(C)CSCCCNC(=O)c1nccnc1N. The molecule has 0 spiro atoms. The molecule has 100 valence electrons. The van der Waals surface area contributed by atoms with Gasteiger partial charge >= 0.3 is 0 Å². The fourth-order valence-electron chi connectivity index (χ4n) is 1.30. The van der Waals surface area contributed by atoms with Crippen molar-refractivity contribution in [2.24, 2.45) is 5.92 Å². The molecule has 0 bridgehead atoms. The highest BCUT2D eigenvalue weighted by atomic mass is 32.2. The standard InChI is InChI=1S/C12H20N4OS/c1-9(2)8-18-7-3-4-16-12(17)10-11(13)15-6-5-14-10/h5-6,9H,3-4,7-8H2,1-2H3,(H2,13,15)(H,16,17). The first-order chi connectivity index (χ1) is 8.61. The summed E-state index contributed by atoms with van der Waals surface area (Å²) >= 11 is 1.91. The van der Waals surface area contributed by atoms with E-state index in [2.05, 4.69) is 29.1 Å². The number of anilines is 1. The molecule has 1 aromatic heterocycles. The first-order valence-corrected chi connectivity index (χ1v) is 7.19. The minimum absolute atomic E-state index is 0.171. The van der Waals surface area contributed by atoms with Crippen LogP contribution in [0.25, 0.3) is 0 Å². The van der Waals surface area contributed by atoms with Crippen molar-refractivity contribution in [3.8, 4) is 0 Å². The van der Waals surface area contributed by atoms with Crippen molar-refractivity contribution in [1.82, 2.24) is 15.3 Å². The van der Waals surface area contributed by atoms with Crippen LogP contribution in [0.3, 0.4) is 0 Å². The van der Waals surface area contributed by atoms with Crippen LogP contribution in [0.15, 0.2) is 12.4 Å². The Morgan fingerprint density at radius 2 is 2.17 bits per heavy atom. The van der Waals surface area contributed by atoms with E-state index in [-0.39, 0.29) is 17.4 Å². The maximum absolute atomic E-state index is 11.7. The van der Waals surface area contributed by atoms with Gasteiger partial charge in [-0.15, -0.1) is 0 Å². The Labute approximate surface area is 112 Å². The second-order valence-corrected chi connectivity index (χ2v) is 5.52. The van der Waals surface area contributed by atoms with E-state index in [1.165, 1.54) is 12.4 Å². The molecule has 1 amide bonds. The van der Waals surface area contributed by atoms with E-state index >= 15 is 0 Å². The van der Waals surface area contributed by atoms with E-state index in [1.807, 2.05) is 11.8 Å². The maximum Gasteiger partial charge on any atom is 0.273 e. The Kier molecular flexibility index (Phi) is 6.49. The van der Waals surface area contributed by atoms with Gasteiger partial charge in [0, 0.05) is 18.9 Å². The second-order valence-electron chi connectivity index (χ2n) is 4.37. The summed E-state index contributed by atoms with van der Waals surface area (Å²) in [5.41, 5.74) is 5.77. The zero-order chi connectivity index (χ0) is 13.4. The second kappa shape index (κ2) is 7.92. The first kappa shape index (κ1) is 14.8. The minimum atomic E-state index is -0.255. The van der Waals surface area contributed by atoms with Crippen LogP contribution in [0.5, 0.6) is 0 Å². The molecule has 5 nitrogen and oxygen atoms in total. The summed E-state index contributed by atoms with van der Waals surface area (Å²) in [6, 6.07) is 0. The summed E-state index contributed by atoms with van der Waals surface area (Å²) in [5.74, 6) is 2.84. The number of carbonyl (C=O) groups excluding carboxylic acids is 1. The molecule has 0 fully saturated rings. The summed E-state index contributed by atoms with van der Waals surface area (Å²) in [5, 5.41) is 2.79. The van der Waals surface area contributed by atoms with Crippen LogP contribution in [-0.2, 0) is 0 Å². The lowest BCUT2D eigenvalue weighted by atomic mass is 10.3. The summed E-state index contributed by atoms with van der Waals surface area (Å²) in [6.07, 6.45) is 3.88. The van der Waals surface area contributed by atoms with Gasteiger partial charge in [0.2, 0.25) is 0 Å². The van der Waals surface area contributed by atoms with Gasteiger partial charge in [-0.05, 0) is 23.8 Å². The molecule has 0 aromatic carbocycles. The molecular formula is C12H20N4OS. The number of nitrogens with one attached hydrogen (secondary N) is 1. The first-order valence-electron chi connectivity index (χ1n) is 6.03. The predicted octanol–water partition coefficient (Wildman–Crippen LogP) is 1.57. The molecule has 0 radical (unpaired) electrons. The van der Waals surface area contributed by atoms with Gasteiger partial charge in [-0.3, -0.25) is 4.79 Å². The number of amides is 1. The zero-order valence-electron chi connectivity index (χ0n) is 10.8. The monoisotopic (exact) mass is 268 g/mol. The molecule has 0 aliphatic carbocycles. The van der Waals surface area contributed by atoms with Gasteiger partial charge in [0.25, 0.3) is 5.91 Å². The van der Waals surface area contributed by atoms with Crippen molar-refractivity contribution in [3.05, 3.63) is 18.1 Å². The molecule has 1 aromatic rings. The van der Waals surface area contributed by atoms with Crippen molar-refractivity contribution in [2.45, 2.75) is 20.3 Å². The predicted molar refractivity (Wildman–Crippen MR) is 75.6 cm³/mol. The van der Waals surface area contributed by atoms with Crippen LogP contribution in [0.2, 0.25) is 0 Å². The average molecular weight is 268 g/mol. The van der Waals surface area contributed by atoms with E-state index in [0.29, 0.717) is 12.5 Å². The zero-order valence-corrected chi connectivity index (χ0v) is 11.7. The normalized spacial score (nSPS) is 10.6. The quantitative estimate of drug-likeness (QED) is 0.734. The van der Waals surface area contributed by atoms with Crippen LogP contribution in [0.4, 0.5) is 5.82 Å². The van der Waals surface area contributed by atoms with E-state index in [9.17, 15) is 4.79 Å². The Balaban J connectivity index is 2.20. The summed E-state index contributed by atoms with van der Waals surface area (Å²) in [6.45, 7) is 5.04. The van der Waals surface area contributed by atoms with Gasteiger partial charge < -0.3 is 11.1 Å². The number of rotatable bonds is 7. The van der Waals surface area contributed by atoms with Crippen LogP contribution in [-0.4, -0.2) is 33.9 Å². The summed E-state index contributed by atoms with van der Waals surface area (Å²) in [7, 11) is 0. The Morgan fingerprint density at radius 3 is 2.83 bits per heavy atom. The number of aromatic nitrogens is 2. The number of thioether (sulfide) groups is 1. The number of carbonyl (C=O) groups is 1. The van der Waals surface area contributed by atoms with Crippen molar-refractivity contribution in [3.63, 3.8) is 0 Å². The number of nitrogen functional groups attached to an aromatic ring is 1. The molecule has 0 saturated carbocycles. The molecule has 1 rings (SSSR count). The summed E-state index contributed by atoms with van der Waals surface area (Å²) < 4.78 is 0. The minimum Gasteiger partial charge on any atom is -0.382 e. The third kappa shape index (κ3) is 5.35. The number of hydrogen-bond donors (Lipinski definition) is 2. The molecule has 0 aliphatic rings. The highest BCUT2D eigenvalue weighted by Crippen LogP contribution is 2.08. The lowest BCUT2D eigenvalue weighted by Crippen LogP contribution is -2.27. The number of nitrogens with two attached hydrogens (primary N) is 1. The molecule has 0 saturated heterocycles. The maximum atomic E-state index is 11.7. The van der Waals surface area contributed by atoms with Gasteiger partial charge in [-0.1, -0.05) is 13.8 Å². The Hall–Kier alpha value is -1.30. The molecule has 0 atom stereocenters. The van der Waals surface area contributed by atoms with Crippen LogP contribution >= 0.6 is 11.8 Å². The molecule has 0 unspecified atom stereocenters. The smallest absolute Gasteiger partial charge is 0.273 e. The fraction of sp³-hybridized carbons (Fsp3) is 0.583. The van der Waals surface area contributed by atoms with Crippen molar-refractivity contribution in [1.29, 1.82) is 0 Å². The number of hydrogen-bond acceptors (Lipinski definition) is 5. The Bertz CT molecular complexity index is 384. The molecule has 18 heavy (non-hydrogen) atoms. The highest BCUT2D eigenvalue weighted by molar-refractivity contribution is 7.99. The largest absolute Gasteiger partial charge is 0.382 e. The molecule has 0 aliphatic heterocycles. The third-order valence-electron chi connectivity index (χ3n) is 2.14. The van der Waals surface area contributed by atoms with E-state index in [1.54, 1.807) is 0 Å². The van der Waals surface area contributed by atoms with Gasteiger partial charge in [0.05, 0.1) is 0 Å². The molecular weight excluding hydrogens is 248 g/mol. The van der Waals surface area contributed by atoms with E-state index < -0.39 is 0 Å². The molecule has 1 heterocycles. The van der Waals surface area contributed by atoms with Gasteiger partial charge in [0.1, 0.15) is 0 Å². The Morgan fingerprint density at radius 1 is 1.44 bits per heavy atom. The van der Waals surface area contributed by atoms with Crippen LogP contribution in [0.1, 0.15) is 30.8 Å². The van der Waals surface area contributed by atoms with E-state index in [4.69, 9.17) is 5.73 Å². The van der Waals surface area contributed by atoms with Crippen LogP contribution in [0, 0.1) is 5.92 Å². The highest BCUT2D eigenvalue weighted by Gasteiger charge is 2.10. The van der Waals surface area contributed by atoms with Crippen molar-refractivity contribution in [2.75, 3.05) is 23.8 Å². The molecule has 3 N–H and O–H groups in total. The van der Waals surface area contributed by atoms with Gasteiger partial charge in [-0.25, -0.2) is 9.97 Å². The van der Waals surface area contributed by atoms with Gasteiger partial charge in [0.15, 0.2) is 11.5 Å². The van der Waals surface area contributed by atoms with Gasteiger partial charge in [-0.2, -0.15) is 11.8 Å². The lowest BCUT2D eigenvalue weighted by molar-refractivity contribution is 0.0949.